The predicted molar refractivity (Wildman–Crippen MR) is 62.9 cm³/mol. The Morgan fingerprint density at radius 1 is 1.35 bits per heavy atom. The molecule has 96 valence electrons. The van der Waals surface area contributed by atoms with Gasteiger partial charge in [-0.15, -0.1) is 11.3 Å². The Bertz CT molecular complexity index is 389. The van der Waals surface area contributed by atoms with Gasteiger partial charge in [-0.05, 0) is 49.6 Å². The van der Waals surface area contributed by atoms with E-state index >= 15 is 0 Å². The molecular formula is C12H16F3NS. The predicted octanol–water partition coefficient (Wildman–Crippen LogP) is 3.96. The minimum absolute atomic E-state index is 0.150. The second-order valence-corrected chi connectivity index (χ2v) is 5.82. The fourth-order valence-electron chi connectivity index (χ4n) is 2.57. The molecule has 1 aliphatic carbocycles. The van der Waals surface area contributed by atoms with Crippen LogP contribution in [-0.4, -0.2) is 6.18 Å². The monoisotopic (exact) mass is 263 g/mol. The first kappa shape index (κ1) is 12.9. The summed E-state index contributed by atoms with van der Waals surface area (Å²) in [6, 6.07) is 1.98. The molecule has 1 aromatic rings. The van der Waals surface area contributed by atoms with Crippen molar-refractivity contribution in [1.29, 1.82) is 0 Å². The average molecular weight is 263 g/mol. The molecule has 0 atom stereocenters. The van der Waals surface area contributed by atoms with Crippen LogP contribution in [0, 0.1) is 12.8 Å². The van der Waals surface area contributed by atoms with Crippen LogP contribution < -0.4 is 5.73 Å². The van der Waals surface area contributed by atoms with Crippen molar-refractivity contribution in [2.75, 3.05) is 0 Å². The summed E-state index contributed by atoms with van der Waals surface area (Å²) in [7, 11) is 0. The highest BCUT2D eigenvalue weighted by Gasteiger charge is 2.45. The van der Waals surface area contributed by atoms with Gasteiger partial charge in [0.1, 0.15) is 0 Å². The van der Waals surface area contributed by atoms with Crippen molar-refractivity contribution in [2.24, 2.45) is 11.7 Å². The molecule has 1 fully saturated rings. The number of halogens is 3. The van der Waals surface area contributed by atoms with Gasteiger partial charge in [0.25, 0.3) is 0 Å². The van der Waals surface area contributed by atoms with E-state index in [-0.39, 0.29) is 12.8 Å². The first-order chi connectivity index (χ1) is 7.83. The van der Waals surface area contributed by atoms with Crippen LogP contribution in [0.5, 0.6) is 0 Å². The lowest BCUT2D eigenvalue weighted by molar-refractivity contribution is -0.184. The number of alkyl halides is 3. The van der Waals surface area contributed by atoms with Gasteiger partial charge in [0.15, 0.2) is 0 Å². The van der Waals surface area contributed by atoms with Gasteiger partial charge in [0, 0.05) is 4.88 Å². The molecule has 0 radical (unpaired) electrons. The summed E-state index contributed by atoms with van der Waals surface area (Å²) in [6.07, 6.45) is -2.91. The molecule has 0 bridgehead atoms. The van der Waals surface area contributed by atoms with Crippen LogP contribution in [0.3, 0.4) is 0 Å². The number of aryl methyl sites for hydroxylation is 1. The van der Waals surface area contributed by atoms with Crippen molar-refractivity contribution < 1.29 is 13.2 Å². The van der Waals surface area contributed by atoms with E-state index in [1.54, 1.807) is 11.3 Å². The van der Waals surface area contributed by atoms with Crippen LogP contribution in [-0.2, 0) is 5.54 Å². The highest BCUT2D eigenvalue weighted by atomic mass is 32.1. The first-order valence-corrected chi connectivity index (χ1v) is 6.61. The Morgan fingerprint density at radius 3 is 2.35 bits per heavy atom. The van der Waals surface area contributed by atoms with Gasteiger partial charge in [-0.25, -0.2) is 0 Å². The highest BCUT2D eigenvalue weighted by molar-refractivity contribution is 7.10. The van der Waals surface area contributed by atoms with E-state index in [0.717, 1.165) is 10.4 Å². The Hall–Kier alpha value is -0.550. The van der Waals surface area contributed by atoms with E-state index < -0.39 is 17.6 Å². The van der Waals surface area contributed by atoms with Gasteiger partial charge in [-0.2, -0.15) is 13.2 Å². The van der Waals surface area contributed by atoms with Crippen LogP contribution >= 0.6 is 11.3 Å². The third kappa shape index (κ3) is 2.50. The lowest BCUT2D eigenvalue weighted by Gasteiger charge is -2.37. The van der Waals surface area contributed by atoms with Gasteiger partial charge >= 0.3 is 6.18 Å². The molecule has 2 N–H and O–H groups in total. The number of hydrogen-bond acceptors (Lipinski definition) is 2. The summed E-state index contributed by atoms with van der Waals surface area (Å²) < 4.78 is 37.7. The van der Waals surface area contributed by atoms with Crippen molar-refractivity contribution in [2.45, 2.75) is 44.3 Å². The van der Waals surface area contributed by atoms with Crippen LogP contribution in [0.4, 0.5) is 13.2 Å². The minimum Gasteiger partial charge on any atom is -0.321 e. The molecule has 0 saturated heterocycles. The Labute approximate surface area is 103 Å². The minimum atomic E-state index is -4.06. The van der Waals surface area contributed by atoms with Gasteiger partial charge in [-0.1, -0.05) is 0 Å². The Morgan fingerprint density at radius 2 is 1.94 bits per heavy atom. The third-order valence-corrected chi connectivity index (χ3v) is 4.89. The van der Waals surface area contributed by atoms with E-state index in [0.29, 0.717) is 12.8 Å². The topological polar surface area (TPSA) is 26.0 Å². The molecule has 17 heavy (non-hydrogen) atoms. The Kier molecular flexibility index (Phi) is 3.25. The van der Waals surface area contributed by atoms with Crippen LogP contribution in [0.1, 0.15) is 36.1 Å². The molecule has 0 aliphatic heterocycles. The summed E-state index contributed by atoms with van der Waals surface area (Å²) in [5.74, 6) is -1.17. The molecule has 5 heteroatoms. The van der Waals surface area contributed by atoms with E-state index in [4.69, 9.17) is 5.73 Å². The van der Waals surface area contributed by atoms with Gasteiger partial charge in [0.2, 0.25) is 0 Å². The molecule has 1 heterocycles. The van der Waals surface area contributed by atoms with E-state index in [1.165, 1.54) is 0 Å². The Balaban J connectivity index is 2.11. The normalized spacial score (nSPS) is 30.5. The largest absolute Gasteiger partial charge is 0.391 e. The number of hydrogen-bond donors (Lipinski definition) is 1. The van der Waals surface area contributed by atoms with Gasteiger partial charge < -0.3 is 5.73 Å². The van der Waals surface area contributed by atoms with Crippen LogP contribution in [0.25, 0.3) is 0 Å². The average Bonchev–Trinajstić information content (AvgIpc) is 2.64. The zero-order valence-electron chi connectivity index (χ0n) is 9.68. The van der Waals surface area contributed by atoms with Crippen molar-refractivity contribution in [3.63, 3.8) is 0 Å². The molecule has 1 aromatic heterocycles. The zero-order chi connectivity index (χ0) is 12.7. The van der Waals surface area contributed by atoms with E-state index in [1.807, 2.05) is 18.4 Å². The summed E-state index contributed by atoms with van der Waals surface area (Å²) in [6.45, 7) is 1.97. The molecule has 1 saturated carbocycles. The second kappa shape index (κ2) is 4.28. The summed E-state index contributed by atoms with van der Waals surface area (Å²) in [5.41, 5.74) is 6.83. The third-order valence-electron chi connectivity index (χ3n) is 3.66. The van der Waals surface area contributed by atoms with E-state index in [9.17, 15) is 13.2 Å². The first-order valence-electron chi connectivity index (χ1n) is 5.73. The molecule has 2 rings (SSSR count). The lowest BCUT2D eigenvalue weighted by Crippen LogP contribution is -2.42. The fraction of sp³-hybridized carbons (Fsp3) is 0.667. The van der Waals surface area contributed by atoms with Crippen molar-refractivity contribution in [1.82, 2.24) is 0 Å². The summed E-state index contributed by atoms with van der Waals surface area (Å²) in [4.78, 5) is 1.05. The molecular weight excluding hydrogens is 247 g/mol. The quantitative estimate of drug-likeness (QED) is 0.815. The maximum Gasteiger partial charge on any atom is 0.391 e. The molecule has 0 amide bonds. The van der Waals surface area contributed by atoms with Crippen molar-refractivity contribution in [3.05, 3.63) is 21.9 Å². The second-order valence-electron chi connectivity index (χ2n) is 4.90. The van der Waals surface area contributed by atoms with Crippen molar-refractivity contribution >= 4 is 11.3 Å². The highest BCUT2D eigenvalue weighted by Crippen LogP contribution is 2.45. The number of rotatable bonds is 1. The maximum absolute atomic E-state index is 12.6. The smallest absolute Gasteiger partial charge is 0.321 e. The standard InChI is InChI=1S/C12H16F3NS/c1-8-4-7-17-10(8)11(16)5-2-9(3-6-11)12(13,14)15/h4,7,9H,2-3,5-6,16H2,1H3. The SMILES string of the molecule is Cc1ccsc1C1(N)CCC(C(F)(F)F)CC1. The molecule has 0 unspecified atom stereocenters. The lowest BCUT2D eigenvalue weighted by atomic mass is 9.75. The van der Waals surface area contributed by atoms with Crippen LogP contribution in [0.15, 0.2) is 11.4 Å². The molecule has 0 spiro atoms. The zero-order valence-corrected chi connectivity index (χ0v) is 10.5. The van der Waals surface area contributed by atoms with Crippen LogP contribution in [0.2, 0.25) is 0 Å². The molecule has 1 nitrogen and oxygen atoms in total. The van der Waals surface area contributed by atoms with Gasteiger partial charge in [0.05, 0.1) is 11.5 Å². The maximum atomic E-state index is 12.6. The fourth-order valence-corrected chi connectivity index (χ4v) is 3.67. The number of thiophene rings is 1. The summed E-state index contributed by atoms with van der Waals surface area (Å²) >= 11 is 1.56. The van der Waals surface area contributed by atoms with Gasteiger partial charge in [-0.3, -0.25) is 0 Å². The molecule has 1 aliphatic rings. The summed E-state index contributed by atoms with van der Waals surface area (Å²) in [5, 5.41) is 1.95. The van der Waals surface area contributed by atoms with Crippen molar-refractivity contribution in [3.8, 4) is 0 Å². The molecule has 0 aromatic carbocycles. The van der Waals surface area contributed by atoms with E-state index in [2.05, 4.69) is 0 Å². The number of nitrogens with two attached hydrogens (primary N) is 1.